The molecule has 41 nitrogen and oxygen atoms in total. The first-order chi connectivity index (χ1) is 50.4. The minimum atomic E-state index is -5.84. The number of oxazole rings is 1. The molecular formula is C62H76N17O24P3. The molecule has 7 atom stereocenters. The van der Waals surface area contributed by atoms with E-state index < -0.39 is 115 Å². The highest BCUT2D eigenvalue weighted by atomic mass is 31.3. The van der Waals surface area contributed by atoms with Crippen LogP contribution in [0.4, 0.5) is 16.3 Å². The van der Waals surface area contributed by atoms with Gasteiger partial charge in [-0.2, -0.15) is 8.62 Å². The van der Waals surface area contributed by atoms with Crippen molar-refractivity contribution in [3.05, 3.63) is 127 Å². The first-order valence-electron chi connectivity index (χ1n) is 32.4. The van der Waals surface area contributed by atoms with E-state index in [-0.39, 0.29) is 110 Å². The van der Waals surface area contributed by atoms with Gasteiger partial charge in [-0.3, -0.25) is 23.7 Å². The quantitative estimate of drug-likeness (QED) is 0.00370. The van der Waals surface area contributed by atoms with Crippen LogP contribution in [0.25, 0.3) is 65.4 Å². The first-order valence-corrected chi connectivity index (χ1v) is 36.9. The van der Waals surface area contributed by atoms with Gasteiger partial charge >= 0.3 is 35.2 Å². The van der Waals surface area contributed by atoms with Crippen molar-refractivity contribution in [3.63, 3.8) is 0 Å². The van der Waals surface area contributed by atoms with Crippen LogP contribution in [0.5, 0.6) is 5.75 Å². The number of hydrogen-bond donors (Lipinski definition) is 10. The number of anilines is 2. The topological polar surface area (TPSA) is 574 Å². The van der Waals surface area contributed by atoms with Gasteiger partial charge in [0.2, 0.25) is 17.7 Å². The fourth-order valence-electron chi connectivity index (χ4n) is 10.4. The maximum atomic E-state index is 13.5. The number of amides is 5. The molecule has 7 aromatic rings. The van der Waals surface area contributed by atoms with Gasteiger partial charge in [0.15, 0.2) is 11.8 Å². The minimum Gasteiger partial charge on any atom is -0.491 e. The van der Waals surface area contributed by atoms with Gasteiger partial charge < -0.3 is 98.6 Å². The number of carbonyl (C=O) groups is 5. The van der Waals surface area contributed by atoms with Gasteiger partial charge in [0.1, 0.15) is 84.1 Å². The van der Waals surface area contributed by atoms with Crippen molar-refractivity contribution >= 4 is 97.8 Å². The van der Waals surface area contributed by atoms with E-state index in [1.807, 2.05) is 32.0 Å². The van der Waals surface area contributed by atoms with E-state index in [1.165, 1.54) is 22.9 Å². The zero-order chi connectivity index (χ0) is 76.8. The van der Waals surface area contributed by atoms with E-state index in [0.717, 1.165) is 25.1 Å². The second-order valence-electron chi connectivity index (χ2n) is 23.8. The van der Waals surface area contributed by atoms with Crippen molar-refractivity contribution in [1.29, 1.82) is 0 Å². The summed E-state index contributed by atoms with van der Waals surface area (Å²) in [6.45, 7) is 8.14. The van der Waals surface area contributed by atoms with Crippen molar-refractivity contribution in [3.8, 4) is 29.0 Å². The van der Waals surface area contributed by atoms with Crippen molar-refractivity contribution in [2.75, 3.05) is 89.7 Å². The Morgan fingerprint density at radius 1 is 0.868 bits per heavy atom. The second kappa shape index (κ2) is 37.8. The van der Waals surface area contributed by atoms with Crippen LogP contribution in [0.15, 0.2) is 103 Å². The summed E-state index contributed by atoms with van der Waals surface area (Å²) < 4.78 is 94.4. The van der Waals surface area contributed by atoms with Crippen LogP contribution < -0.4 is 47.6 Å². The zero-order valence-corrected chi connectivity index (χ0v) is 60.2. The number of alkyl carbamates (subject to hydrolysis) is 1. The van der Waals surface area contributed by atoms with Crippen LogP contribution in [0.1, 0.15) is 92.8 Å². The average molecular weight is 1540 g/mol. The third-order valence-corrected chi connectivity index (χ3v) is 18.8. The van der Waals surface area contributed by atoms with Crippen molar-refractivity contribution in [2.24, 2.45) is 10.2 Å². The molecule has 106 heavy (non-hydrogen) atoms. The van der Waals surface area contributed by atoms with Crippen LogP contribution in [0, 0.1) is 11.8 Å². The average Bonchev–Trinajstić information content (AvgIpc) is 1.60. The monoisotopic (exact) mass is 1540 g/mol. The summed E-state index contributed by atoms with van der Waals surface area (Å²) in [7, 11) is -17.1. The van der Waals surface area contributed by atoms with Gasteiger partial charge in [-0.15, -0.1) is 0 Å². The molecule has 11 N–H and O–H groups in total. The summed E-state index contributed by atoms with van der Waals surface area (Å²) in [6, 6.07) is 17.0. The molecule has 1 saturated heterocycles. The number of rotatable bonds is 38. The van der Waals surface area contributed by atoms with E-state index in [1.54, 1.807) is 57.2 Å². The number of ether oxygens (including phenoxy) is 6. The van der Waals surface area contributed by atoms with Crippen LogP contribution in [-0.2, 0) is 60.1 Å². The number of phosphoric ester groups is 1. The van der Waals surface area contributed by atoms with E-state index >= 15 is 0 Å². The summed E-state index contributed by atoms with van der Waals surface area (Å²) in [5, 5.41) is 21.3. The molecule has 568 valence electrons. The molecule has 5 heterocycles. The standard InChI is InChI=1S/C62H76N17O24P3/c1-6-78(7-2)41-18-16-37-27-43(60(84)100-47(37)29-41)59-73-45-28-39(17-19-46(45)99-59)57(82)67-20-9-8-15-44(74-61(85)101-62(3,4)5)58(83)69-23-22-68-56(81)38-12-10-14-42(26-38)95-34-51(75-77-65)94-25-24-93-33-50(80)66-21-11-13-40-31-79(55-53(40)54(63)70-35-71-55)52-30-48(96-36-72-76-64)49(98-52)32-97-105(89,90)103-106(91,92)102-104(86,87)88/h10,12,14,16-19,26-29,31,35,44,48-49,51-52H,6-9,15,20-25,30,32-34,36H2,1-5H3,(H,66,80)(H,67,82)(H,68,81)(H,69,83)(H,74,85)(H,89,90)(H,91,92)(H2,63,70,71)(H2,86,87,88)/t44-,48?,49?,51?,52?/m0/s1. The van der Waals surface area contributed by atoms with Gasteiger partial charge in [-0.05, 0) is 120 Å². The van der Waals surface area contributed by atoms with E-state index in [9.17, 15) is 57.8 Å². The normalized spacial score (nSPS) is 16.0. The first kappa shape index (κ1) is 81.6. The fourth-order valence-corrected chi connectivity index (χ4v) is 13.4. The Balaban J connectivity index is 0.738. The molecule has 3 aromatic carbocycles. The molecule has 6 unspecified atom stereocenters. The lowest BCUT2D eigenvalue weighted by Crippen LogP contribution is -2.49. The van der Waals surface area contributed by atoms with Crippen LogP contribution in [0.2, 0.25) is 0 Å². The number of carbonyl (C=O) groups excluding carboxylic acids is 5. The highest BCUT2D eigenvalue weighted by molar-refractivity contribution is 7.66. The molecule has 0 spiro atoms. The summed E-state index contributed by atoms with van der Waals surface area (Å²) in [4.78, 5) is 136. The number of nitrogen functional groups attached to an aromatic ring is 1. The molecule has 1 fully saturated rings. The van der Waals surface area contributed by atoms with Gasteiger partial charge in [0.05, 0.1) is 43.4 Å². The molecule has 44 heteroatoms. The number of benzene rings is 3. The van der Waals surface area contributed by atoms with Crippen LogP contribution in [-0.4, -0.2) is 178 Å². The molecule has 5 amide bonds. The number of hydrogen-bond acceptors (Lipinski definition) is 27. The third-order valence-electron chi connectivity index (χ3n) is 15.0. The summed E-state index contributed by atoms with van der Waals surface area (Å²) in [5.41, 5.74) is 25.8. The number of unbranched alkanes of at least 4 members (excludes halogenated alkanes) is 1. The lowest BCUT2D eigenvalue weighted by Gasteiger charge is -2.23. The Morgan fingerprint density at radius 2 is 1.62 bits per heavy atom. The maximum absolute atomic E-state index is 13.5. The largest absolute Gasteiger partial charge is 0.491 e. The lowest BCUT2D eigenvalue weighted by molar-refractivity contribution is -0.126. The Bertz CT molecular complexity index is 4690. The second-order valence-corrected chi connectivity index (χ2v) is 28.2. The predicted octanol–water partition coefficient (Wildman–Crippen LogP) is 6.61. The zero-order valence-electron chi connectivity index (χ0n) is 57.5. The summed E-state index contributed by atoms with van der Waals surface area (Å²) >= 11 is 0. The SMILES string of the molecule is CCN(CC)c1ccc2cc(-c3nc4cc(C(=O)NCCCC[C@H](NC(=O)OC(C)(C)C)C(=O)NCCNC(=O)c5cccc(OCC(N=[N+]=[N-])OCCOCC(=O)NCC#Cc6cn(C7CC(OCN=[N+]=[N-])C(COP(=O)(O)OP(=O)(O)OP(=O)(O)O)O7)c7ncnc(N)c67)c5)ccc4o3)c(=O)oc2c1. The number of fused-ring (bicyclic) bond motifs is 3. The van der Waals surface area contributed by atoms with Gasteiger partial charge in [-0.1, -0.05) is 28.1 Å². The molecule has 4 aromatic heterocycles. The van der Waals surface area contributed by atoms with Crippen LogP contribution >= 0.6 is 23.5 Å². The number of aromatic nitrogens is 4. The van der Waals surface area contributed by atoms with Crippen LogP contribution in [0.3, 0.4) is 0 Å². The van der Waals surface area contributed by atoms with E-state index in [2.05, 4.69) is 86.9 Å². The van der Waals surface area contributed by atoms with E-state index in [4.69, 9.17) is 62.8 Å². The third kappa shape index (κ3) is 24.5. The number of phosphoric acid groups is 3. The molecule has 0 bridgehead atoms. The Hall–Kier alpha value is -10.1. The van der Waals surface area contributed by atoms with Crippen molar-refractivity contribution in [1.82, 2.24) is 46.1 Å². The number of nitrogens with one attached hydrogen (secondary N) is 5. The number of nitrogens with zero attached hydrogens (tertiary/aromatic N) is 11. The smallest absolute Gasteiger partial charge is 0.490 e. The summed E-state index contributed by atoms with van der Waals surface area (Å²) in [5.74, 6) is 3.82. The molecule has 1 aliphatic rings. The molecular weight excluding hydrogens is 1460 g/mol. The van der Waals surface area contributed by atoms with Crippen molar-refractivity contribution in [2.45, 2.75) is 96.6 Å². The molecule has 0 aliphatic carbocycles. The Kier molecular flexibility index (Phi) is 29.1. The van der Waals surface area contributed by atoms with Gasteiger partial charge in [0.25, 0.3) is 11.8 Å². The number of nitrogens with two attached hydrogens (primary N) is 1. The predicted molar refractivity (Wildman–Crippen MR) is 374 cm³/mol. The molecule has 0 radical (unpaired) electrons. The summed E-state index contributed by atoms with van der Waals surface area (Å²) in [6.07, 6.45) is -1.88. The fraction of sp³-hybridized carbons (Fsp3) is 0.435. The van der Waals surface area contributed by atoms with Gasteiger partial charge in [-0.25, -0.2) is 38.2 Å². The van der Waals surface area contributed by atoms with Crippen molar-refractivity contribution < 1.29 is 108 Å². The lowest BCUT2D eigenvalue weighted by atomic mass is 10.1. The molecule has 1 aliphatic heterocycles. The van der Waals surface area contributed by atoms with Gasteiger partial charge in [0, 0.05) is 83.4 Å². The maximum Gasteiger partial charge on any atom is 0.490 e. The minimum absolute atomic E-state index is 0.00784. The van der Waals surface area contributed by atoms with E-state index in [0.29, 0.717) is 34.9 Å². The molecule has 0 saturated carbocycles. The Morgan fingerprint density at radius 3 is 2.36 bits per heavy atom. The highest BCUT2D eigenvalue weighted by Gasteiger charge is 2.44. The Labute approximate surface area is 602 Å². The highest BCUT2D eigenvalue weighted by Crippen LogP contribution is 2.66. The number of azide groups is 2. The molecule has 8 rings (SSSR count).